The lowest BCUT2D eigenvalue weighted by atomic mass is 9.97. The summed E-state index contributed by atoms with van der Waals surface area (Å²) in [6.45, 7) is 2.99. The zero-order chi connectivity index (χ0) is 16.6. The molecule has 0 aromatic rings. The van der Waals surface area contributed by atoms with Crippen LogP contribution in [-0.2, 0) is 19.6 Å². The van der Waals surface area contributed by atoms with Crippen LogP contribution in [0.3, 0.4) is 0 Å². The smallest absolute Gasteiger partial charge is 0.303 e. The molecule has 0 atom stereocenters. The second-order valence-electron chi connectivity index (χ2n) is 5.57. The fourth-order valence-corrected chi connectivity index (χ4v) is 3.64. The molecule has 0 unspecified atom stereocenters. The van der Waals surface area contributed by atoms with Gasteiger partial charge in [-0.3, -0.25) is 9.59 Å². The lowest BCUT2D eigenvalue weighted by Gasteiger charge is -2.30. The summed E-state index contributed by atoms with van der Waals surface area (Å²) in [5.74, 6) is -0.841. The van der Waals surface area contributed by atoms with E-state index in [1.807, 2.05) is 0 Å². The highest BCUT2D eigenvalue weighted by atomic mass is 32.2. The van der Waals surface area contributed by atoms with Crippen LogP contribution in [0.15, 0.2) is 0 Å². The maximum absolute atomic E-state index is 12.0. The van der Waals surface area contributed by atoms with Crippen LogP contribution < -0.4 is 5.32 Å². The first-order chi connectivity index (χ1) is 10.4. The summed E-state index contributed by atoms with van der Waals surface area (Å²) in [4.78, 5) is 22.3. The van der Waals surface area contributed by atoms with Crippen molar-refractivity contribution in [2.45, 2.75) is 45.4 Å². The van der Waals surface area contributed by atoms with Crippen molar-refractivity contribution in [3.63, 3.8) is 0 Å². The third-order valence-corrected chi connectivity index (χ3v) is 5.83. The first-order valence-corrected chi connectivity index (χ1v) is 9.45. The summed E-state index contributed by atoms with van der Waals surface area (Å²) in [6.07, 6.45) is 3.45. The summed E-state index contributed by atoms with van der Waals surface area (Å²) in [5.41, 5.74) is 0. The lowest BCUT2D eigenvalue weighted by Crippen LogP contribution is -2.43. The van der Waals surface area contributed by atoms with Gasteiger partial charge in [-0.1, -0.05) is 6.42 Å². The van der Waals surface area contributed by atoms with Crippen molar-refractivity contribution in [3.05, 3.63) is 0 Å². The predicted molar refractivity (Wildman–Crippen MR) is 82.9 cm³/mol. The number of amides is 1. The molecule has 1 saturated heterocycles. The standard InChI is InChI=1S/C14H26N2O5S/c1-2-22(20,21)16-10-7-12(8-11-16)14(19)15-9-5-3-4-6-13(17)18/h12H,2-11H2,1H3,(H,15,19)(H,17,18). The molecule has 8 heteroatoms. The van der Waals surface area contributed by atoms with E-state index < -0.39 is 16.0 Å². The molecule has 0 aliphatic carbocycles. The predicted octanol–water partition coefficient (Wildman–Crippen LogP) is 0.809. The molecule has 22 heavy (non-hydrogen) atoms. The highest BCUT2D eigenvalue weighted by Gasteiger charge is 2.29. The minimum atomic E-state index is -3.15. The number of piperidine rings is 1. The minimum Gasteiger partial charge on any atom is -0.481 e. The van der Waals surface area contributed by atoms with E-state index in [1.54, 1.807) is 6.92 Å². The number of nitrogens with one attached hydrogen (secondary N) is 1. The van der Waals surface area contributed by atoms with Gasteiger partial charge in [0, 0.05) is 32.0 Å². The van der Waals surface area contributed by atoms with Gasteiger partial charge in [0.15, 0.2) is 0 Å². The first kappa shape index (κ1) is 18.9. The topological polar surface area (TPSA) is 104 Å². The Labute approximate surface area is 132 Å². The van der Waals surface area contributed by atoms with E-state index in [1.165, 1.54) is 4.31 Å². The van der Waals surface area contributed by atoms with E-state index in [4.69, 9.17) is 5.11 Å². The van der Waals surface area contributed by atoms with Crippen molar-refractivity contribution in [1.82, 2.24) is 9.62 Å². The molecule has 0 radical (unpaired) electrons. The van der Waals surface area contributed by atoms with Crippen LogP contribution >= 0.6 is 0 Å². The summed E-state index contributed by atoms with van der Waals surface area (Å²) < 4.78 is 24.9. The van der Waals surface area contributed by atoms with Crippen molar-refractivity contribution < 1.29 is 23.1 Å². The molecule has 1 aliphatic heterocycles. The quantitative estimate of drug-likeness (QED) is 0.607. The van der Waals surface area contributed by atoms with E-state index in [9.17, 15) is 18.0 Å². The molecule has 0 aromatic carbocycles. The number of unbranched alkanes of at least 4 members (excludes halogenated alkanes) is 2. The van der Waals surface area contributed by atoms with Crippen LogP contribution in [0.4, 0.5) is 0 Å². The molecule has 1 heterocycles. The lowest BCUT2D eigenvalue weighted by molar-refractivity contribution is -0.137. The van der Waals surface area contributed by atoms with Gasteiger partial charge in [-0.25, -0.2) is 12.7 Å². The fraction of sp³-hybridized carbons (Fsp3) is 0.857. The van der Waals surface area contributed by atoms with Gasteiger partial charge in [0.2, 0.25) is 15.9 Å². The molecule has 1 fully saturated rings. The number of carboxylic acid groups (broad SMARTS) is 1. The minimum absolute atomic E-state index is 0.0215. The molecule has 1 rings (SSSR count). The van der Waals surface area contributed by atoms with Gasteiger partial charge in [0.05, 0.1) is 5.75 Å². The average Bonchev–Trinajstić information content (AvgIpc) is 2.50. The molecule has 0 spiro atoms. The van der Waals surface area contributed by atoms with E-state index in [-0.39, 0.29) is 24.0 Å². The van der Waals surface area contributed by atoms with Crippen LogP contribution in [0.2, 0.25) is 0 Å². The summed E-state index contributed by atoms with van der Waals surface area (Å²) in [7, 11) is -3.15. The van der Waals surface area contributed by atoms with Crippen molar-refractivity contribution in [2.24, 2.45) is 5.92 Å². The van der Waals surface area contributed by atoms with E-state index in [0.29, 0.717) is 38.9 Å². The number of carboxylic acids is 1. The third kappa shape index (κ3) is 6.31. The van der Waals surface area contributed by atoms with Crippen molar-refractivity contribution >= 4 is 21.9 Å². The monoisotopic (exact) mass is 334 g/mol. The Morgan fingerprint density at radius 3 is 2.36 bits per heavy atom. The highest BCUT2D eigenvalue weighted by Crippen LogP contribution is 2.20. The SMILES string of the molecule is CCS(=O)(=O)N1CCC(C(=O)NCCCCCC(=O)O)CC1. The van der Waals surface area contributed by atoms with Gasteiger partial charge in [-0.05, 0) is 32.6 Å². The Balaban J connectivity index is 2.19. The summed E-state index contributed by atoms with van der Waals surface area (Å²) in [6, 6.07) is 0. The van der Waals surface area contributed by atoms with Gasteiger partial charge in [-0.15, -0.1) is 0 Å². The fourth-order valence-electron chi connectivity index (χ4n) is 2.51. The second-order valence-corrected chi connectivity index (χ2v) is 7.83. The second kappa shape index (κ2) is 9.09. The first-order valence-electron chi connectivity index (χ1n) is 7.84. The third-order valence-electron chi connectivity index (χ3n) is 3.95. The Morgan fingerprint density at radius 1 is 1.18 bits per heavy atom. The molecule has 7 nitrogen and oxygen atoms in total. The summed E-state index contributed by atoms with van der Waals surface area (Å²) >= 11 is 0. The molecule has 0 bridgehead atoms. The van der Waals surface area contributed by atoms with Crippen molar-refractivity contribution in [3.8, 4) is 0 Å². The number of carbonyl (C=O) groups excluding carboxylic acids is 1. The van der Waals surface area contributed by atoms with Gasteiger partial charge < -0.3 is 10.4 Å². The van der Waals surface area contributed by atoms with Crippen LogP contribution in [-0.4, -0.2) is 55.1 Å². The number of hydrogen-bond acceptors (Lipinski definition) is 4. The van der Waals surface area contributed by atoms with Gasteiger partial charge >= 0.3 is 5.97 Å². The molecular formula is C14H26N2O5S. The van der Waals surface area contributed by atoms with Crippen LogP contribution in [0.25, 0.3) is 0 Å². The van der Waals surface area contributed by atoms with E-state index in [0.717, 1.165) is 12.8 Å². The number of rotatable bonds is 9. The molecule has 0 aromatic heterocycles. The number of aliphatic carboxylic acids is 1. The molecule has 128 valence electrons. The number of sulfonamides is 1. The molecule has 0 saturated carbocycles. The molecule has 1 amide bonds. The Morgan fingerprint density at radius 2 is 1.82 bits per heavy atom. The molecule has 2 N–H and O–H groups in total. The largest absolute Gasteiger partial charge is 0.481 e. The normalized spacial score (nSPS) is 17.3. The highest BCUT2D eigenvalue weighted by molar-refractivity contribution is 7.89. The zero-order valence-electron chi connectivity index (χ0n) is 13.1. The van der Waals surface area contributed by atoms with Crippen molar-refractivity contribution in [2.75, 3.05) is 25.4 Å². The Bertz CT molecular complexity index is 470. The van der Waals surface area contributed by atoms with E-state index in [2.05, 4.69) is 5.32 Å². The van der Waals surface area contributed by atoms with Gasteiger partial charge in [0.25, 0.3) is 0 Å². The maximum Gasteiger partial charge on any atom is 0.303 e. The van der Waals surface area contributed by atoms with E-state index >= 15 is 0 Å². The van der Waals surface area contributed by atoms with Gasteiger partial charge in [0.1, 0.15) is 0 Å². The van der Waals surface area contributed by atoms with Crippen LogP contribution in [0, 0.1) is 5.92 Å². The number of carbonyl (C=O) groups is 2. The number of nitrogens with zero attached hydrogens (tertiary/aromatic N) is 1. The Hall–Kier alpha value is -1.15. The molecule has 1 aliphatic rings. The van der Waals surface area contributed by atoms with Crippen LogP contribution in [0.5, 0.6) is 0 Å². The average molecular weight is 334 g/mol. The number of hydrogen-bond donors (Lipinski definition) is 2. The van der Waals surface area contributed by atoms with Crippen molar-refractivity contribution in [1.29, 1.82) is 0 Å². The Kier molecular flexibility index (Phi) is 7.81. The summed E-state index contributed by atoms with van der Waals surface area (Å²) in [5, 5.41) is 11.4. The maximum atomic E-state index is 12.0. The van der Waals surface area contributed by atoms with Crippen LogP contribution in [0.1, 0.15) is 45.4 Å². The van der Waals surface area contributed by atoms with Gasteiger partial charge in [-0.2, -0.15) is 0 Å². The zero-order valence-corrected chi connectivity index (χ0v) is 13.9. The molecular weight excluding hydrogens is 308 g/mol.